The molecule has 0 radical (unpaired) electrons. The molecule has 4 nitrogen and oxygen atoms in total. The van der Waals surface area contributed by atoms with Crippen molar-refractivity contribution in [2.24, 2.45) is 0 Å². The fourth-order valence-electron chi connectivity index (χ4n) is 3.35. The molecule has 1 heterocycles. The van der Waals surface area contributed by atoms with Crippen LogP contribution in [0, 0.1) is 0 Å². The van der Waals surface area contributed by atoms with E-state index in [0.29, 0.717) is 5.02 Å². The van der Waals surface area contributed by atoms with Gasteiger partial charge in [-0.3, -0.25) is 9.69 Å². The minimum Gasteiger partial charge on any atom is -0.369 e. The molecule has 28 heavy (non-hydrogen) atoms. The van der Waals surface area contributed by atoms with Crippen molar-refractivity contribution in [3.63, 3.8) is 0 Å². The van der Waals surface area contributed by atoms with E-state index in [0.717, 1.165) is 44.7 Å². The molecule has 0 bridgehead atoms. The third kappa shape index (κ3) is 6.39. The van der Waals surface area contributed by atoms with Crippen LogP contribution in [-0.4, -0.2) is 49.6 Å². The number of piperazine rings is 1. The number of benzene rings is 2. The van der Waals surface area contributed by atoms with Gasteiger partial charge in [-0.2, -0.15) is 0 Å². The Morgan fingerprint density at radius 2 is 1.75 bits per heavy atom. The molecule has 1 aliphatic rings. The van der Waals surface area contributed by atoms with Crippen LogP contribution in [0.1, 0.15) is 18.9 Å². The molecule has 1 atom stereocenters. The van der Waals surface area contributed by atoms with E-state index in [-0.39, 0.29) is 11.9 Å². The second-order valence-corrected chi connectivity index (χ2v) is 7.68. The quantitative estimate of drug-likeness (QED) is 0.715. The van der Waals surface area contributed by atoms with E-state index < -0.39 is 0 Å². The Morgan fingerprint density at radius 1 is 1.07 bits per heavy atom. The second-order valence-electron chi connectivity index (χ2n) is 7.25. The van der Waals surface area contributed by atoms with Gasteiger partial charge in [0.2, 0.25) is 5.91 Å². The number of carbonyl (C=O) groups is 1. The van der Waals surface area contributed by atoms with Crippen molar-refractivity contribution in [1.82, 2.24) is 10.2 Å². The molecule has 0 saturated carbocycles. The number of nitrogens with zero attached hydrogens (tertiary/aromatic N) is 2. The monoisotopic (exact) mass is 397 g/mol. The Hall–Kier alpha value is -2.30. The molecular weight excluding hydrogens is 370 g/mol. The number of para-hydroxylation sites is 1. The number of amides is 1. The third-order valence-corrected chi connectivity index (χ3v) is 5.31. The van der Waals surface area contributed by atoms with Gasteiger partial charge in [-0.1, -0.05) is 41.9 Å². The molecule has 0 aliphatic carbocycles. The van der Waals surface area contributed by atoms with Crippen LogP contribution < -0.4 is 10.2 Å². The number of anilines is 1. The van der Waals surface area contributed by atoms with Crippen LogP contribution in [0.15, 0.2) is 60.7 Å². The highest BCUT2D eigenvalue weighted by Gasteiger charge is 2.17. The summed E-state index contributed by atoms with van der Waals surface area (Å²) < 4.78 is 0. The Labute approximate surface area is 172 Å². The van der Waals surface area contributed by atoms with Crippen LogP contribution in [0.4, 0.5) is 5.69 Å². The topological polar surface area (TPSA) is 35.6 Å². The summed E-state index contributed by atoms with van der Waals surface area (Å²) in [5.74, 6) is -0.0589. The zero-order valence-electron chi connectivity index (χ0n) is 16.4. The molecular formula is C23H28ClN3O. The van der Waals surface area contributed by atoms with Crippen LogP contribution in [0.25, 0.3) is 6.08 Å². The number of hydrogen-bond acceptors (Lipinski definition) is 3. The van der Waals surface area contributed by atoms with Gasteiger partial charge in [0.15, 0.2) is 0 Å². The van der Waals surface area contributed by atoms with Crippen molar-refractivity contribution < 1.29 is 4.79 Å². The molecule has 1 unspecified atom stereocenters. The highest BCUT2D eigenvalue weighted by molar-refractivity contribution is 6.30. The van der Waals surface area contributed by atoms with Gasteiger partial charge in [0.1, 0.15) is 0 Å². The lowest BCUT2D eigenvalue weighted by Gasteiger charge is -2.36. The molecule has 2 aromatic rings. The lowest BCUT2D eigenvalue weighted by atomic mass is 10.2. The first-order valence-electron chi connectivity index (χ1n) is 9.86. The summed E-state index contributed by atoms with van der Waals surface area (Å²) in [4.78, 5) is 17.0. The van der Waals surface area contributed by atoms with Crippen molar-refractivity contribution in [3.05, 3.63) is 71.3 Å². The van der Waals surface area contributed by atoms with Crippen molar-refractivity contribution in [2.45, 2.75) is 19.4 Å². The van der Waals surface area contributed by atoms with Crippen LogP contribution in [-0.2, 0) is 4.79 Å². The van der Waals surface area contributed by atoms with E-state index in [4.69, 9.17) is 11.6 Å². The zero-order chi connectivity index (χ0) is 19.8. The van der Waals surface area contributed by atoms with Crippen molar-refractivity contribution in [1.29, 1.82) is 0 Å². The Balaban J connectivity index is 1.36. The normalized spacial score (nSPS) is 16.3. The summed E-state index contributed by atoms with van der Waals surface area (Å²) >= 11 is 5.87. The molecule has 5 heteroatoms. The highest BCUT2D eigenvalue weighted by atomic mass is 35.5. The minimum atomic E-state index is -0.0589. The lowest BCUT2D eigenvalue weighted by molar-refractivity contribution is -0.117. The molecule has 0 aromatic heterocycles. The molecule has 1 saturated heterocycles. The van der Waals surface area contributed by atoms with E-state index in [1.807, 2.05) is 24.3 Å². The van der Waals surface area contributed by atoms with E-state index in [9.17, 15) is 4.79 Å². The average Bonchev–Trinajstić information content (AvgIpc) is 2.73. The van der Waals surface area contributed by atoms with E-state index >= 15 is 0 Å². The molecule has 1 fully saturated rings. The number of rotatable bonds is 7. The molecule has 1 N–H and O–H groups in total. The number of halogens is 1. The summed E-state index contributed by atoms with van der Waals surface area (Å²) in [7, 11) is 0. The van der Waals surface area contributed by atoms with E-state index in [1.165, 1.54) is 5.69 Å². The fraction of sp³-hybridized carbons (Fsp3) is 0.348. The van der Waals surface area contributed by atoms with Gasteiger partial charge >= 0.3 is 0 Å². The van der Waals surface area contributed by atoms with Gasteiger partial charge in [0.05, 0.1) is 0 Å². The van der Waals surface area contributed by atoms with Crippen molar-refractivity contribution >= 4 is 29.3 Å². The van der Waals surface area contributed by atoms with Crippen molar-refractivity contribution in [2.75, 3.05) is 37.6 Å². The average molecular weight is 398 g/mol. The molecule has 148 valence electrons. The summed E-state index contributed by atoms with van der Waals surface area (Å²) in [6.07, 6.45) is 4.34. The Bertz CT molecular complexity index is 768. The van der Waals surface area contributed by atoms with Crippen LogP contribution >= 0.6 is 11.6 Å². The summed E-state index contributed by atoms with van der Waals surface area (Å²) in [5, 5.41) is 3.74. The SMILES string of the molecule is CC(CCN1CCN(c2ccccc2)CC1)NC(=O)C=Cc1ccc(Cl)cc1. The zero-order valence-corrected chi connectivity index (χ0v) is 17.1. The Kier molecular flexibility index (Phi) is 7.52. The van der Waals surface area contributed by atoms with Crippen LogP contribution in [0.3, 0.4) is 0 Å². The van der Waals surface area contributed by atoms with E-state index in [2.05, 4.69) is 52.4 Å². The Morgan fingerprint density at radius 3 is 2.43 bits per heavy atom. The molecule has 0 spiro atoms. The maximum atomic E-state index is 12.1. The maximum Gasteiger partial charge on any atom is 0.244 e. The standard InChI is InChI=1S/C23H28ClN3O/c1-19(25-23(28)12-9-20-7-10-21(24)11-8-20)13-14-26-15-17-27(18-16-26)22-5-3-2-4-6-22/h2-12,19H,13-18H2,1H3,(H,25,28). The van der Waals surface area contributed by atoms with Gasteiger partial charge in [-0.25, -0.2) is 0 Å². The van der Waals surface area contributed by atoms with Crippen LogP contribution in [0.2, 0.25) is 5.02 Å². The lowest BCUT2D eigenvalue weighted by Crippen LogP contribution is -2.47. The molecule has 3 rings (SSSR count). The van der Waals surface area contributed by atoms with Gasteiger partial charge in [0.25, 0.3) is 0 Å². The predicted molar refractivity (Wildman–Crippen MR) is 118 cm³/mol. The number of hydrogen-bond donors (Lipinski definition) is 1. The first-order chi connectivity index (χ1) is 13.6. The number of nitrogens with one attached hydrogen (secondary N) is 1. The van der Waals surface area contributed by atoms with Crippen LogP contribution in [0.5, 0.6) is 0 Å². The maximum absolute atomic E-state index is 12.1. The third-order valence-electron chi connectivity index (χ3n) is 5.06. The first-order valence-corrected chi connectivity index (χ1v) is 10.2. The second kappa shape index (κ2) is 10.3. The first kappa shape index (κ1) is 20.4. The van der Waals surface area contributed by atoms with Crippen molar-refractivity contribution in [3.8, 4) is 0 Å². The van der Waals surface area contributed by atoms with Gasteiger partial charge < -0.3 is 10.2 Å². The van der Waals surface area contributed by atoms with Gasteiger partial charge in [-0.05, 0) is 49.2 Å². The van der Waals surface area contributed by atoms with E-state index in [1.54, 1.807) is 12.2 Å². The number of carbonyl (C=O) groups excluding carboxylic acids is 1. The summed E-state index contributed by atoms with van der Waals surface area (Å²) in [6, 6.07) is 18.2. The molecule has 2 aromatic carbocycles. The molecule has 1 amide bonds. The fourth-order valence-corrected chi connectivity index (χ4v) is 3.48. The van der Waals surface area contributed by atoms with Gasteiger partial charge in [0, 0.05) is 55.6 Å². The largest absolute Gasteiger partial charge is 0.369 e. The summed E-state index contributed by atoms with van der Waals surface area (Å²) in [5.41, 5.74) is 2.26. The highest BCUT2D eigenvalue weighted by Crippen LogP contribution is 2.15. The minimum absolute atomic E-state index is 0.0589. The smallest absolute Gasteiger partial charge is 0.244 e. The molecule has 1 aliphatic heterocycles. The van der Waals surface area contributed by atoms with Gasteiger partial charge in [-0.15, -0.1) is 0 Å². The predicted octanol–water partition coefficient (Wildman–Crippen LogP) is 4.07. The summed E-state index contributed by atoms with van der Waals surface area (Å²) in [6.45, 7) is 7.29.